The van der Waals surface area contributed by atoms with Crippen molar-refractivity contribution in [3.63, 3.8) is 0 Å². The van der Waals surface area contributed by atoms with Crippen LogP contribution in [0, 0.1) is 0 Å². The van der Waals surface area contributed by atoms with Gasteiger partial charge in [0.05, 0.1) is 6.61 Å². The van der Waals surface area contributed by atoms with Gasteiger partial charge >= 0.3 is 0 Å². The lowest BCUT2D eigenvalue weighted by molar-refractivity contribution is 0.181. The first-order chi connectivity index (χ1) is 8.63. The van der Waals surface area contributed by atoms with Gasteiger partial charge in [-0.15, -0.1) is 0 Å². The van der Waals surface area contributed by atoms with Gasteiger partial charge in [-0.05, 0) is 18.8 Å². The van der Waals surface area contributed by atoms with E-state index in [1.165, 1.54) is 12.8 Å². The lowest BCUT2D eigenvalue weighted by atomic mass is 10.0. The molecule has 3 nitrogen and oxygen atoms in total. The summed E-state index contributed by atoms with van der Waals surface area (Å²) in [7, 11) is 1.66. The van der Waals surface area contributed by atoms with Crippen molar-refractivity contribution in [3.8, 4) is 0 Å². The molecule has 0 N–H and O–H groups in total. The van der Waals surface area contributed by atoms with Gasteiger partial charge in [-0.2, -0.15) is 0 Å². The molecule has 1 saturated carbocycles. The predicted octanol–water partition coefficient (Wildman–Crippen LogP) is 4.19. The molecule has 5 heteroatoms. The Hall–Kier alpha value is -0.380. The summed E-state index contributed by atoms with van der Waals surface area (Å²) >= 11 is 12.6. The zero-order chi connectivity index (χ0) is 13.1. The highest BCUT2D eigenvalue weighted by Gasteiger charge is 2.25. The molecule has 1 unspecified atom stereocenters. The summed E-state index contributed by atoms with van der Waals surface area (Å²) < 4.78 is 5.10. The van der Waals surface area contributed by atoms with E-state index < -0.39 is 0 Å². The maximum atomic E-state index is 6.28. The molecule has 1 aliphatic carbocycles. The first-order valence-electron chi connectivity index (χ1n) is 6.35. The van der Waals surface area contributed by atoms with Crippen LogP contribution in [0.1, 0.15) is 55.8 Å². The smallest absolute Gasteiger partial charge is 0.137 e. The fraction of sp³-hybridized carbons (Fsp3) is 0.692. The fourth-order valence-corrected chi connectivity index (χ4v) is 3.24. The number of hydrogen-bond acceptors (Lipinski definition) is 3. The average molecular weight is 289 g/mol. The van der Waals surface area contributed by atoms with Crippen LogP contribution in [0.25, 0.3) is 0 Å². The van der Waals surface area contributed by atoms with Crippen molar-refractivity contribution in [1.29, 1.82) is 0 Å². The molecule has 100 valence electrons. The number of nitrogens with zero attached hydrogens (tertiary/aromatic N) is 2. The Morgan fingerprint density at radius 3 is 2.28 bits per heavy atom. The van der Waals surface area contributed by atoms with Crippen LogP contribution in [0.2, 0.25) is 10.3 Å². The van der Waals surface area contributed by atoms with Gasteiger partial charge < -0.3 is 4.74 Å². The van der Waals surface area contributed by atoms with Crippen molar-refractivity contribution in [3.05, 3.63) is 21.7 Å². The van der Waals surface area contributed by atoms with Gasteiger partial charge in [0.25, 0.3) is 0 Å². The van der Waals surface area contributed by atoms with E-state index in [0.29, 0.717) is 28.7 Å². The minimum absolute atomic E-state index is 0.0997. The second-order valence-corrected chi connectivity index (χ2v) is 5.63. The van der Waals surface area contributed by atoms with E-state index in [2.05, 4.69) is 9.97 Å². The zero-order valence-electron chi connectivity index (χ0n) is 10.7. The molecule has 0 aliphatic heterocycles. The quantitative estimate of drug-likeness (QED) is 0.779. The SMILES string of the molecule is COCC(C)c1nc(Cl)c(C2CCCC2)c(Cl)n1. The summed E-state index contributed by atoms with van der Waals surface area (Å²) in [6.07, 6.45) is 4.74. The zero-order valence-corrected chi connectivity index (χ0v) is 12.3. The first kappa shape index (κ1) is 14.0. The van der Waals surface area contributed by atoms with Crippen LogP contribution in [0.4, 0.5) is 0 Å². The van der Waals surface area contributed by atoms with Crippen molar-refractivity contribution in [2.24, 2.45) is 0 Å². The molecule has 2 rings (SSSR count). The summed E-state index contributed by atoms with van der Waals surface area (Å²) in [5.41, 5.74) is 0.934. The van der Waals surface area contributed by atoms with E-state index in [9.17, 15) is 0 Å². The molecular weight excluding hydrogens is 271 g/mol. The molecule has 0 aromatic carbocycles. The topological polar surface area (TPSA) is 35.0 Å². The van der Waals surface area contributed by atoms with Gasteiger partial charge in [-0.3, -0.25) is 0 Å². The number of aromatic nitrogens is 2. The molecule has 0 amide bonds. The van der Waals surface area contributed by atoms with Gasteiger partial charge in [0.1, 0.15) is 16.1 Å². The van der Waals surface area contributed by atoms with Gasteiger partial charge in [-0.1, -0.05) is 43.0 Å². The maximum absolute atomic E-state index is 6.28. The van der Waals surface area contributed by atoms with Crippen LogP contribution in [0.5, 0.6) is 0 Å². The van der Waals surface area contributed by atoms with E-state index in [1.807, 2.05) is 6.92 Å². The summed E-state index contributed by atoms with van der Waals surface area (Å²) in [4.78, 5) is 8.77. The molecule has 0 spiro atoms. The van der Waals surface area contributed by atoms with Crippen LogP contribution < -0.4 is 0 Å². The minimum atomic E-state index is 0.0997. The van der Waals surface area contributed by atoms with Crippen molar-refractivity contribution in [2.75, 3.05) is 13.7 Å². The van der Waals surface area contributed by atoms with Crippen molar-refractivity contribution in [2.45, 2.75) is 44.4 Å². The Morgan fingerprint density at radius 1 is 1.22 bits per heavy atom. The van der Waals surface area contributed by atoms with Gasteiger partial charge in [-0.25, -0.2) is 9.97 Å². The Kier molecular flexibility index (Phi) is 4.82. The third kappa shape index (κ3) is 2.95. The summed E-state index contributed by atoms with van der Waals surface area (Å²) in [5, 5.41) is 1.03. The van der Waals surface area contributed by atoms with Gasteiger partial charge in [0, 0.05) is 18.6 Å². The van der Waals surface area contributed by atoms with E-state index in [0.717, 1.165) is 18.4 Å². The first-order valence-corrected chi connectivity index (χ1v) is 7.10. The van der Waals surface area contributed by atoms with Crippen molar-refractivity contribution < 1.29 is 4.74 Å². The number of halogens is 2. The summed E-state index contributed by atoms with van der Waals surface area (Å²) in [6, 6.07) is 0. The highest BCUT2D eigenvalue weighted by Crippen LogP contribution is 2.40. The number of hydrogen-bond donors (Lipinski definition) is 0. The van der Waals surface area contributed by atoms with Crippen LogP contribution in [-0.4, -0.2) is 23.7 Å². The number of ether oxygens (including phenoxy) is 1. The lowest BCUT2D eigenvalue weighted by Gasteiger charge is -2.16. The van der Waals surface area contributed by atoms with E-state index in [1.54, 1.807) is 7.11 Å². The van der Waals surface area contributed by atoms with Crippen LogP contribution in [0.3, 0.4) is 0 Å². The lowest BCUT2D eigenvalue weighted by Crippen LogP contribution is -2.10. The molecule has 1 fully saturated rings. The van der Waals surface area contributed by atoms with Crippen molar-refractivity contribution >= 4 is 23.2 Å². The molecule has 0 radical (unpaired) electrons. The van der Waals surface area contributed by atoms with Crippen LogP contribution in [0.15, 0.2) is 0 Å². The molecule has 0 bridgehead atoms. The normalized spacial score (nSPS) is 18.2. The third-order valence-corrected chi connectivity index (χ3v) is 4.07. The minimum Gasteiger partial charge on any atom is -0.384 e. The Labute approximate surface area is 118 Å². The molecule has 1 aromatic rings. The predicted molar refractivity (Wildman–Crippen MR) is 73.6 cm³/mol. The fourth-order valence-electron chi connectivity index (χ4n) is 2.53. The largest absolute Gasteiger partial charge is 0.384 e. The monoisotopic (exact) mass is 288 g/mol. The molecule has 18 heavy (non-hydrogen) atoms. The van der Waals surface area contributed by atoms with Gasteiger partial charge in [0.2, 0.25) is 0 Å². The molecule has 1 aliphatic rings. The number of methoxy groups -OCH3 is 1. The average Bonchev–Trinajstić information content (AvgIpc) is 2.82. The van der Waals surface area contributed by atoms with E-state index in [4.69, 9.17) is 27.9 Å². The van der Waals surface area contributed by atoms with Crippen LogP contribution in [-0.2, 0) is 4.74 Å². The summed E-state index contributed by atoms with van der Waals surface area (Å²) in [5.74, 6) is 1.19. The maximum Gasteiger partial charge on any atom is 0.137 e. The van der Waals surface area contributed by atoms with E-state index >= 15 is 0 Å². The molecule has 0 saturated heterocycles. The molecule has 1 atom stereocenters. The standard InChI is InChI=1S/C13H18Cl2N2O/c1-8(7-18-2)13-16-11(14)10(12(15)17-13)9-5-3-4-6-9/h8-9H,3-7H2,1-2H3. The highest BCUT2D eigenvalue weighted by molar-refractivity contribution is 6.34. The Balaban J connectivity index is 2.28. The number of rotatable bonds is 4. The molecular formula is C13H18Cl2N2O. The molecule has 1 heterocycles. The van der Waals surface area contributed by atoms with Crippen LogP contribution >= 0.6 is 23.2 Å². The Morgan fingerprint density at radius 2 is 1.78 bits per heavy atom. The second kappa shape index (κ2) is 6.18. The molecule has 1 aromatic heterocycles. The highest BCUT2D eigenvalue weighted by atomic mass is 35.5. The second-order valence-electron chi connectivity index (χ2n) is 4.91. The Bertz CT molecular complexity index is 396. The third-order valence-electron chi connectivity index (χ3n) is 3.49. The van der Waals surface area contributed by atoms with E-state index in [-0.39, 0.29) is 5.92 Å². The van der Waals surface area contributed by atoms with Crippen molar-refractivity contribution in [1.82, 2.24) is 9.97 Å². The summed E-state index contributed by atoms with van der Waals surface area (Å²) in [6.45, 7) is 2.57. The van der Waals surface area contributed by atoms with Gasteiger partial charge in [0.15, 0.2) is 0 Å².